The highest BCUT2D eigenvalue weighted by atomic mass is 19.1. The van der Waals surface area contributed by atoms with Crippen LogP contribution in [0.25, 0.3) is 0 Å². The molecule has 1 heterocycles. The van der Waals surface area contributed by atoms with Crippen LogP contribution in [-0.4, -0.2) is 44.1 Å². The third kappa shape index (κ3) is 3.30. The molecule has 0 aliphatic carbocycles. The Morgan fingerprint density at radius 2 is 1.93 bits per heavy atom. The van der Waals surface area contributed by atoms with Gasteiger partial charge in [-0.15, -0.1) is 0 Å². The van der Waals surface area contributed by atoms with E-state index >= 15 is 0 Å². The van der Waals surface area contributed by atoms with E-state index in [4.69, 9.17) is 0 Å². The minimum absolute atomic E-state index is 0.435. The first kappa shape index (κ1) is 10.9. The Morgan fingerprint density at radius 3 is 2.43 bits per heavy atom. The molecule has 0 unspecified atom stereocenters. The second-order valence-corrected chi connectivity index (χ2v) is 3.56. The monoisotopic (exact) mass is 197 g/mol. The van der Waals surface area contributed by atoms with Crippen molar-refractivity contribution in [3.63, 3.8) is 0 Å². The molecule has 0 amide bonds. The molecule has 0 aromatic carbocycles. The topological polar surface area (TPSA) is 19.4 Å². The van der Waals surface area contributed by atoms with Gasteiger partial charge in [0.1, 0.15) is 0 Å². The molecule has 0 aliphatic heterocycles. The van der Waals surface area contributed by atoms with Gasteiger partial charge in [0.2, 0.25) is 5.95 Å². The highest BCUT2D eigenvalue weighted by Gasteiger charge is 2.01. The van der Waals surface area contributed by atoms with Crippen LogP contribution in [-0.2, 0) is 0 Å². The largest absolute Gasteiger partial charge is 0.372 e. The average molecular weight is 197 g/mol. The Labute approximate surface area is 84.2 Å². The number of hydrogen-bond acceptors (Lipinski definition) is 3. The lowest BCUT2D eigenvalue weighted by Gasteiger charge is -2.20. The molecule has 0 bridgehead atoms. The van der Waals surface area contributed by atoms with Crippen LogP contribution in [0, 0.1) is 5.95 Å². The number of nitrogens with zero attached hydrogens (tertiary/aromatic N) is 3. The van der Waals surface area contributed by atoms with E-state index in [2.05, 4.69) is 9.88 Å². The summed E-state index contributed by atoms with van der Waals surface area (Å²) in [6.45, 7) is 1.87. The number of hydrogen-bond donors (Lipinski definition) is 0. The summed E-state index contributed by atoms with van der Waals surface area (Å²) >= 11 is 0. The predicted octanol–water partition coefficient (Wildman–Crippen LogP) is 1.22. The number of rotatable bonds is 4. The molecule has 1 aromatic rings. The molecule has 1 aromatic heterocycles. The maximum Gasteiger partial charge on any atom is 0.212 e. The molecule has 78 valence electrons. The molecule has 0 spiro atoms. The lowest BCUT2D eigenvalue weighted by molar-refractivity contribution is 0.416. The van der Waals surface area contributed by atoms with Gasteiger partial charge < -0.3 is 9.80 Å². The van der Waals surface area contributed by atoms with Crippen LogP contribution in [0.1, 0.15) is 0 Å². The highest BCUT2D eigenvalue weighted by Crippen LogP contribution is 2.09. The Hall–Kier alpha value is -1.16. The van der Waals surface area contributed by atoms with E-state index in [1.54, 1.807) is 12.3 Å². The fraction of sp³-hybridized carbons (Fsp3) is 0.500. The summed E-state index contributed by atoms with van der Waals surface area (Å²) < 4.78 is 12.5. The maximum atomic E-state index is 12.5. The van der Waals surface area contributed by atoms with Crippen molar-refractivity contribution in [2.45, 2.75) is 0 Å². The van der Waals surface area contributed by atoms with Crippen molar-refractivity contribution in [1.82, 2.24) is 9.88 Å². The fourth-order valence-corrected chi connectivity index (χ4v) is 1.07. The van der Waals surface area contributed by atoms with Crippen molar-refractivity contribution in [3.8, 4) is 0 Å². The molecular formula is C10H16FN3. The van der Waals surface area contributed by atoms with E-state index in [1.165, 1.54) is 6.07 Å². The van der Waals surface area contributed by atoms with Crippen LogP contribution < -0.4 is 4.90 Å². The third-order valence-corrected chi connectivity index (χ3v) is 2.04. The van der Waals surface area contributed by atoms with Gasteiger partial charge in [0.05, 0.1) is 11.9 Å². The summed E-state index contributed by atoms with van der Waals surface area (Å²) in [6, 6.07) is 3.11. The van der Waals surface area contributed by atoms with Gasteiger partial charge in [-0.3, -0.25) is 0 Å². The smallest absolute Gasteiger partial charge is 0.212 e. The van der Waals surface area contributed by atoms with Crippen LogP contribution >= 0.6 is 0 Å². The summed E-state index contributed by atoms with van der Waals surface area (Å²) in [4.78, 5) is 7.76. The highest BCUT2D eigenvalue weighted by molar-refractivity contribution is 5.42. The molecule has 0 fully saturated rings. The molecule has 3 nitrogen and oxygen atoms in total. The van der Waals surface area contributed by atoms with Crippen LogP contribution in [0.2, 0.25) is 0 Å². The molecule has 0 radical (unpaired) electrons. The zero-order valence-corrected chi connectivity index (χ0v) is 8.87. The summed E-state index contributed by atoms with van der Waals surface area (Å²) in [5.41, 5.74) is 0.938. The molecule has 0 saturated heterocycles. The summed E-state index contributed by atoms with van der Waals surface area (Å²) in [6.07, 6.45) is 1.55. The van der Waals surface area contributed by atoms with E-state index < -0.39 is 5.95 Å². The van der Waals surface area contributed by atoms with E-state index in [9.17, 15) is 4.39 Å². The molecule has 1 rings (SSSR count). The van der Waals surface area contributed by atoms with Gasteiger partial charge >= 0.3 is 0 Å². The number of aromatic nitrogens is 1. The van der Waals surface area contributed by atoms with Crippen molar-refractivity contribution >= 4 is 5.69 Å². The van der Waals surface area contributed by atoms with Crippen molar-refractivity contribution in [2.24, 2.45) is 0 Å². The van der Waals surface area contributed by atoms with Gasteiger partial charge in [-0.25, -0.2) is 4.98 Å². The average Bonchev–Trinajstić information content (AvgIpc) is 2.15. The Morgan fingerprint density at radius 1 is 1.21 bits per heavy atom. The van der Waals surface area contributed by atoms with Gasteiger partial charge in [0, 0.05) is 20.1 Å². The minimum Gasteiger partial charge on any atom is -0.372 e. The standard InChI is InChI=1S/C10H16FN3/c1-13(2)6-7-14(3)9-4-5-10(11)12-8-9/h4-5,8H,6-7H2,1-3H3. The molecule has 0 atom stereocenters. The van der Waals surface area contributed by atoms with Crippen LogP contribution in [0.3, 0.4) is 0 Å². The SMILES string of the molecule is CN(C)CCN(C)c1ccc(F)nc1. The quantitative estimate of drug-likeness (QED) is 0.676. The Bertz CT molecular complexity index is 271. The Kier molecular flexibility index (Phi) is 3.83. The van der Waals surface area contributed by atoms with Gasteiger partial charge in [-0.05, 0) is 26.2 Å². The summed E-state index contributed by atoms with van der Waals surface area (Å²) in [5, 5.41) is 0. The molecule has 14 heavy (non-hydrogen) atoms. The second kappa shape index (κ2) is 4.91. The molecular weight excluding hydrogens is 181 g/mol. The summed E-state index contributed by atoms with van der Waals surface area (Å²) in [7, 11) is 6.02. The number of halogens is 1. The zero-order chi connectivity index (χ0) is 10.6. The van der Waals surface area contributed by atoms with E-state index in [0.717, 1.165) is 18.8 Å². The van der Waals surface area contributed by atoms with Crippen molar-refractivity contribution in [2.75, 3.05) is 39.1 Å². The second-order valence-electron chi connectivity index (χ2n) is 3.56. The molecule has 4 heteroatoms. The lowest BCUT2D eigenvalue weighted by atomic mass is 10.3. The fourth-order valence-electron chi connectivity index (χ4n) is 1.07. The predicted molar refractivity (Wildman–Crippen MR) is 56.0 cm³/mol. The number of likely N-dealkylation sites (N-methyl/N-ethyl adjacent to an activating group) is 2. The molecule has 0 saturated carbocycles. The van der Waals surface area contributed by atoms with Crippen LogP contribution in [0.4, 0.5) is 10.1 Å². The van der Waals surface area contributed by atoms with Crippen LogP contribution in [0.15, 0.2) is 18.3 Å². The molecule has 0 N–H and O–H groups in total. The van der Waals surface area contributed by atoms with Crippen LogP contribution in [0.5, 0.6) is 0 Å². The number of pyridine rings is 1. The van der Waals surface area contributed by atoms with Gasteiger partial charge in [0.25, 0.3) is 0 Å². The Balaban J connectivity index is 2.52. The van der Waals surface area contributed by atoms with E-state index in [1.807, 2.05) is 26.0 Å². The first-order valence-electron chi connectivity index (χ1n) is 4.57. The maximum absolute atomic E-state index is 12.5. The van der Waals surface area contributed by atoms with E-state index in [-0.39, 0.29) is 0 Å². The summed E-state index contributed by atoms with van der Waals surface area (Å²) in [5.74, 6) is -0.435. The third-order valence-electron chi connectivity index (χ3n) is 2.04. The van der Waals surface area contributed by atoms with Gasteiger partial charge in [-0.2, -0.15) is 4.39 Å². The number of anilines is 1. The van der Waals surface area contributed by atoms with Gasteiger partial charge in [0.15, 0.2) is 0 Å². The zero-order valence-electron chi connectivity index (χ0n) is 8.87. The van der Waals surface area contributed by atoms with Crippen molar-refractivity contribution in [3.05, 3.63) is 24.3 Å². The molecule has 0 aliphatic rings. The normalized spacial score (nSPS) is 10.6. The lowest BCUT2D eigenvalue weighted by Crippen LogP contribution is -2.28. The van der Waals surface area contributed by atoms with Gasteiger partial charge in [-0.1, -0.05) is 0 Å². The van der Waals surface area contributed by atoms with E-state index in [0.29, 0.717) is 0 Å². The first-order chi connectivity index (χ1) is 6.59. The first-order valence-corrected chi connectivity index (χ1v) is 4.57. The van der Waals surface area contributed by atoms with Crippen molar-refractivity contribution < 1.29 is 4.39 Å². The van der Waals surface area contributed by atoms with Crippen molar-refractivity contribution in [1.29, 1.82) is 0 Å². The minimum atomic E-state index is -0.435.